The molecule has 0 saturated heterocycles. The van der Waals surface area contributed by atoms with Crippen molar-refractivity contribution in [2.75, 3.05) is 0 Å². The quantitative estimate of drug-likeness (QED) is 0.499. The van der Waals surface area contributed by atoms with Gasteiger partial charge in [0.2, 0.25) is 0 Å². The van der Waals surface area contributed by atoms with Crippen LogP contribution in [0.2, 0.25) is 0 Å². The van der Waals surface area contributed by atoms with Gasteiger partial charge in [0.1, 0.15) is 18.7 Å². The molecule has 9 heteroatoms. The number of ether oxygens (including phenoxy) is 1. The Morgan fingerprint density at radius 3 is 3.00 bits per heavy atom. The van der Waals surface area contributed by atoms with Crippen LogP contribution in [0, 0.1) is 13.8 Å². The Kier molecular flexibility index (Phi) is 4.21. The summed E-state index contributed by atoms with van der Waals surface area (Å²) in [5.74, 6) is 1.07. The normalized spacial score (nSPS) is 11.2. The summed E-state index contributed by atoms with van der Waals surface area (Å²) in [6.07, 6.45) is -0.0303. The van der Waals surface area contributed by atoms with Crippen molar-refractivity contribution >= 4 is 23.1 Å². The summed E-state index contributed by atoms with van der Waals surface area (Å²) < 4.78 is 12.1. The highest BCUT2D eigenvalue weighted by Crippen LogP contribution is 2.25. The second-order valence-electron chi connectivity index (χ2n) is 5.78. The van der Waals surface area contributed by atoms with Crippen molar-refractivity contribution in [3.63, 3.8) is 0 Å². The molecule has 4 heterocycles. The van der Waals surface area contributed by atoms with Gasteiger partial charge < -0.3 is 9.26 Å². The highest BCUT2D eigenvalue weighted by Gasteiger charge is 2.14. The second kappa shape index (κ2) is 6.68. The average molecular weight is 369 g/mol. The van der Waals surface area contributed by atoms with E-state index in [1.54, 1.807) is 21.9 Å². The van der Waals surface area contributed by atoms with E-state index < -0.39 is 5.97 Å². The number of thiophene rings is 1. The van der Waals surface area contributed by atoms with Crippen molar-refractivity contribution in [1.82, 2.24) is 24.7 Å². The van der Waals surface area contributed by atoms with Crippen molar-refractivity contribution in [1.29, 1.82) is 0 Å². The highest BCUT2D eigenvalue weighted by atomic mass is 32.1. The highest BCUT2D eigenvalue weighted by molar-refractivity contribution is 7.13. The van der Waals surface area contributed by atoms with Gasteiger partial charge in [-0.2, -0.15) is 4.98 Å². The Morgan fingerprint density at radius 1 is 1.31 bits per heavy atom. The van der Waals surface area contributed by atoms with Crippen LogP contribution in [0.5, 0.6) is 0 Å². The lowest BCUT2D eigenvalue weighted by Crippen LogP contribution is -2.09. The number of nitrogens with zero attached hydrogens (tertiary/aromatic N) is 5. The van der Waals surface area contributed by atoms with E-state index in [-0.39, 0.29) is 13.0 Å². The van der Waals surface area contributed by atoms with Gasteiger partial charge >= 0.3 is 5.97 Å². The fourth-order valence-electron chi connectivity index (χ4n) is 2.53. The zero-order valence-corrected chi connectivity index (χ0v) is 15.0. The molecule has 0 aliphatic heterocycles. The van der Waals surface area contributed by atoms with Gasteiger partial charge in [-0.1, -0.05) is 11.2 Å². The molecule has 0 unspecified atom stereocenters. The summed E-state index contributed by atoms with van der Waals surface area (Å²) in [6, 6.07) is 7.54. The Balaban J connectivity index is 1.39. The monoisotopic (exact) mass is 369 g/mol. The molecule has 0 N–H and O–H groups in total. The van der Waals surface area contributed by atoms with E-state index in [9.17, 15) is 4.79 Å². The Morgan fingerprint density at radius 2 is 2.19 bits per heavy atom. The third-order valence-electron chi connectivity index (χ3n) is 3.67. The standard InChI is InChI=1S/C17H15N5O3S/c1-10-6-11(2)22-17(18-10)19-15(20-22)8-16(23)24-9-12-7-13(25-21-12)14-4-3-5-26-14/h3-7H,8-9H2,1-2H3. The maximum absolute atomic E-state index is 12.1. The van der Waals surface area contributed by atoms with Gasteiger partial charge in [0.05, 0.1) is 4.88 Å². The number of hydrogen-bond acceptors (Lipinski definition) is 8. The molecule has 0 amide bonds. The molecule has 0 saturated carbocycles. The molecular formula is C17H15N5O3S. The molecule has 132 valence electrons. The molecule has 0 bridgehead atoms. The lowest BCUT2D eigenvalue weighted by molar-refractivity contribution is -0.144. The number of esters is 1. The summed E-state index contributed by atoms with van der Waals surface area (Å²) in [6.45, 7) is 3.84. The number of carbonyl (C=O) groups is 1. The molecule has 0 spiro atoms. The van der Waals surface area contributed by atoms with E-state index in [1.165, 1.54) is 0 Å². The van der Waals surface area contributed by atoms with E-state index in [4.69, 9.17) is 9.26 Å². The fourth-order valence-corrected chi connectivity index (χ4v) is 3.21. The zero-order valence-electron chi connectivity index (χ0n) is 14.2. The molecule has 0 aromatic carbocycles. The number of carbonyl (C=O) groups excluding carboxylic acids is 1. The van der Waals surface area contributed by atoms with Crippen LogP contribution in [0.15, 0.2) is 34.2 Å². The van der Waals surface area contributed by atoms with Crippen LogP contribution in [-0.4, -0.2) is 30.7 Å². The van der Waals surface area contributed by atoms with Crippen molar-refractivity contribution < 1.29 is 14.1 Å². The predicted molar refractivity (Wildman–Crippen MR) is 93.6 cm³/mol. The van der Waals surface area contributed by atoms with Gasteiger partial charge in [-0.3, -0.25) is 4.79 Å². The zero-order chi connectivity index (χ0) is 18.1. The minimum absolute atomic E-state index is 0.0303. The smallest absolute Gasteiger partial charge is 0.314 e. The first kappa shape index (κ1) is 16.4. The third kappa shape index (κ3) is 3.33. The predicted octanol–water partition coefficient (Wildman–Crippen LogP) is 2.74. The minimum Gasteiger partial charge on any atom is -0.459 e. The molecule has 4 aromatic heterocycles. The van der Waals surface area contributed by atoms with Gasteiger partial charge in [0, 0.05) is 17.5 Å². The summed E-state index contributed by atoms with van der Waals surface area (Å²) in [7, 11) is 0. The topological polar surface area (TPSA) is 95.4 Å². The molecule has 26 heavy (non-hydrogen) atoms. The molecule has 0 atom stereocenters. The largest absolute Gasteiger partial charge is 0.459 e. The van der Waals surface area contributed by atoms with Crippen LogP contribution in [-0.2, 0) is 22.6 Å². The maximum Gasteiger partial charge on any atom is 0.314 e. The lowest BCUT2D eigenvalue weighted by Gasteiger charge is -1.99. The van der Waals surface area contributed by atoms with Crippen LogP contribution in [0.1, 0.15) is 22.9 Å². The first-order chi connectivity index (χ1) is 12.6. The molecule has 0 aliphatic rings. The van der Waals surface area contributed by atoms with Gasteiger partial charge in [0.15, 0.2) is 11.6 Å². The van der Waals surface area contributed by atoms with Gasteiger partial charge in [-0.05, 0) is 31.4 Å². The summed E-state index contributed by atoms with van der Waals surface area (Å²) in [4.78, 5) is 21.6. The average Bonchev–Trinajstić information content (AvgIpc) is 3.32. The SMILES string of the molecule is Cc1cc(C)n2nc(CC(=O)OCc3cc(-c4cccs4)on3)nc2n1. The first-order valence-electron chi connectivity index (χ1n) is 7.93. The van der Waals surface area contributed by atoms with E-state index in [1.807, 2.05) is 37.4 Å². The number of rotatable bonds is 5. The van der Waals surface area contributed by atoms with Crippen molar-refractivity contribution in [3.05, 3.63) is 52.6 Å². The van der Waals surface area contributed by atoms with Crippen LogP contribution in [0.3, 0.4) is 0 Å². The third-order valence-corrected chi connectivity index (χ3v) is 4.55. The maximum atomic E-state index is 12.1. The minimum atomic E-state index is -0.434. The van der Waals surface area contributed by atoms with Crippen molar-refractivity contribution in [3.8, 4) is 10.6 Å². The second-order valence-corrected chi connectivity index (χ2v) is 6.72. The molecular weight excluding hydrogens is 354 g/mol. The van der Waals surface area contributed by atoms with Crippen LogP contribution in [0.4, 0.5) is 0 Å². The van der Waals surface area contributed by atoms with Gasteiger partial charge in [0.25, 0.3) is 5.78 Å². The van der Waals surface area contributed by atoms with E-state index >= 15 is 0 Å². The molecule has 0 aliphatic carbocycles. The number of hydrogen-bond donors (Lipinski definition) is 0. The summed E-state index contributed by atoms with van der Waals surface area (Å²) in [5.41, 5.74) is 2.31. The van der Waals surface area contributed by atoms with E-state index in [0.29, 0.717) is 23.1 Å². The van der Waals surface area contributed by atoms with Crippen molar-refractivity contribution in [2.45, 2.75) is 26.9 Å². The fraction of sp³-hybridized carbons (Fsp3) is 0.235. The van der Waals surface area contributed by atoms with Crippen LogP contribution < -0.4 is 0 Å². The summed E-state index contributed by atoms with van der Waals surface area (Å²) >= 11 is 1.55. The Bertz CT molecular complexity index is 1070. The molecule has 0 radical (unpaired) electrons. The van der Waals surface area contributed by atoms with Crippen LogP contribution in [0.25, 0.3) is 16.4 Å². The Hall–Kier alpha value is -3.07. The molecule has 4 aromatic rings. The number of aryl methyl sites for hydroxylation is 2. The number of aromatic nitrogens is 5. The van der Waals surface area contributed by atoms with Crippen molar-refractivity contribution in [2.24, 2.45) is 0 Å². The van der Waals surface area contributed by atoms with E-state index in [2.05, 4.69) is 20.2 Å². The van der Waals surface area contributed by atoms with E-state index in [0.717, 1.165) is 16.3 Å². The molecule has 4 rings (SSSR count). The molecule has 0 fully saturated rings. The Labute approximate surface area is 152 Å². The lowest BCUT2D eigenvalue weighted by atomic mass is 10.3. The van der Waals surface area contributed by atoms with Gasteiger partial charge in [-0.25, -0.2) is 9.50 Å². The van der Waals surface area contributed by atoms with Gasteiger partial charge in [-0.15, -0.1) is 16.4 Å². The number of fused-ring (bicyclic) bond motifs is 1. The van der Waals surface area contributed by atoms with Crippen LogP contribution >= 0.6 is 11.3 Å². The summed E-state index contributed by atoms with van der Waals surface area (Å²) in [5, 5.41) is 10.2. The first-order valence-corrected chi connectivity index (χ1v) is 8.81. The molecule has 8 nitrogen and oxygen atoms in total.